The second kappa shape index (κ2) is 5.68. The zero-order chi connectivity index (χ0) is 14.8. The third-order valence-electron chi connectivity index (χ3n) is 3.94. The Bertz CT molecular complexity index is 723. The minimum atomic E-state index is -0.119. The predicted octanol–water partition coefficient (Wildman–Crippen LogP) is 1.77. The van der Waals surface area contributed by atoms with Gasteiger partial charge in [-0.05, 0) is 30.9 Å². The van der Waals surface area contributed by atoms with Crippen LogP contribution in [0.15, 0.2) is 29.1 Å². The van der Waals surface area contributed by atoms with Crippen LogP contribution in [0.4, 0.5) is 0 Å². The number of hydrogen-bond acceptors (Lipinski definition) is 3. The molecular weight excluding hydrogens is 266 g/mol. The van der Waals surface area contributed by atoms with Gasteiger partial charge in [0.2, 0.25) is 5.91 Å². The SMILES string of the molecule is CC1CC1NC(=O)CCCc1nc2ccccc2c(=O)[nH]1. The molecule has 2 aromatic rings. The lowest BCUT2D eigenvalue weighted by Gasteiger charge is -2.04. The molecule has 0 bridgehead atoms. The Kier molecular flexibility index (Phi) is 3.73. The second-order valence-corrected chi connectivity index (χ2v) is 5.77. The number of nitrogens with one attached hydrogen (secondary N) is 2. The third-order valence-corrected chi connectivity index (χ3v) is 3.94. The lowest BCUT2D eigenvalue weighted by molar-refractivity contribution is -0.121. The number of aromatic nitrogens is 2. The Balaban J connectivity index is 1.58. The topological polar surface area (TPSA) is 74.8 Å². The molecule has 1 aromatic heterocycles. The fraction of sp³-hybridized carbons (Fsp3) is 0.438. The summed E-state index contributed by atoms with van der Waals surface area (Å²) in [5.74, 6) is 1.35. The van der Waals surface area contributed by atoms with Crippen molar-refractivity contribution in [3.05, 3.63) is 40.4 Å². The first-order valence-electron chi connectivity index (χ1n) is 7.41. The van der Waals surface area contributed by atoms with Gasteiger partial charge in [0.05, 0.1) is 10.9 Å². The van der Waals surface area contributed by atoms with Crippen LogP contribution in [0.1, 0.15) is 32.0 Å². The second-order valence-electron chi connectivity index (χ2n) is 5.77. The highest BCUT2D eigenvalue weighted by molar-refractivity contribution is 5.77. The van der Waals surface area contributed by atoms with E-state index in [4.69, 9.17) is 0 Å². The Hall–Kier alpha value is -2.17. The number of para-hydroxylation sites is 1. The Morgan fingerprint density at radius 2 is 2.19 bits per heavy atom. The molecule has 1 aromatic carbocycles. The molecule has 0 saturated heterocycles. The monoisotopic (exact) mass is 285 g/mol. The predicted molar refractivity (Wildman–Crippen MR) is 81.0 cm³/mol. The molecule has 1 fully saturated rings. The molecule has 2 N–H and O–H groups in total. The Labute approximate surface area is 122 Å². The summed E-state index contributed by atoms with van der Waals surface area (Å²) in [7, 11) is 0. The quantitative estimate of drug-likeness (QED) is 0.879. The summed E-state index contributed by atoms with van der Waals surface area (Å²) < 4.78 is 0. The summed E-state index contributed by atoms with van der Waals surface area (Å²) in [5.41, 5.74) is 0.583. The molecule has 2 unspecified atom stereocenters. The normalized spacial score (nSPS) is 20.4. The van der Waals surface area contributed by atoms with E-state index in [0.717, 1.165) is 6.42 Å². The number of carbonyl (C=O) groups is 1. The minimum absolute atomic E-state index is 0.0903. The van der Waals surface area contributed by atoms with E-state index in [2.05, 4.69) is 22.2 Å². The summed E-state index contributed by atoms with van der Waals surface area (Å²) in [6.07, 6.45) is 2.85. The molecule has 1 aliphatic carbocycles. The number of aromatic amines is 1. The molecule has 1 amide bonds. The zero-order valence-corrected chi connectivity index (χ0v) is 12.1. The van der Waals surface area contributed by atoms with Gasteiger partial charge < -0.3 is 10.3 Å². The number of aryl methyl sites for hydroxylation is 1. The van der Waals surface area contributed by atoms with Crippen LogP contribution < -0.4 is 10.9 Å². The molecule has 0 radical (unpaired) electrons. The van der Waals surface area contributed by atoms with Crippen LogP contribution in [-0.4, -0.2) is 21.9 Å². The van der Waals surface area contributed by atoms with Crippen molar-refractivity contribution in [2.75, 3.05) is 0 Å². The first kappa shape index (κ1) is 13.8. The standard InChI is InChI=1S/C16H19N3O2/c1-10-9-13(10)18-15(20)8-4-7-14-17-12-6-3-2-5-11(12)16(21)19-14/h2-3,5-6,10,13H,4,7-9H2,1H3,(H,18,20)(H,17,19,21). The van der Waals surface area contributed by atoms with Crippen molar-refractivity contribution in [2.24, 2.45) is 5.92 Å². The zero-order valence-electron chi connectivity index (χ0n) is 12.1. The van der Waals surface area contributed by atoms with Gasteiger partial charge in [-0.2, -0.15) is 0 Å². The van der Waals surface area contributed by atoms with E-state index >= 15 is 0 Å². The highest BCUT2D eigenvalue weighted by Gasteiger charge is 2.33. The molecular formula is C16H19N3O2. The van der Waals surface area contributed by atoms with E-state index in [1.54, 1.807) is 6.07 Å². The molecule has 110 valence electrons. The molecule has 1 aliphatic rings. The van der Waals surface area contributed by atoms with Crippen molar-refractivity contribution in [1.29, 1.82) is 0 Å². The van der Waals surface area contributed by atoms with E-state index in [-0.39, 0.29) is 11.5 Å². The molecule has 0 spiro atoms. The van der Waals surface area contributed by atoms with Crippen molar-refractivity contribution in [3.63, 3.8) is 0 Å². The van der Waals surface area contributed by atoms with Gasteiger partial charge >= 0.3 is 0 Å². The molecule has 3 rings (SSSR count). The lowest BCUT2D eigenvalue weighted by Crippen LogP contribution is -2.26. The Morgan fingerprint density at radius 1 is 1.43 bits per heavy atom. The van der Waals surface area contributed by atoms with E-state index in [0.29, 0.717) is 47.9 Å². The van der Waals surface area contributed by atoms with E-state index in [9.17, 15) is 9.59 Å². The van der Waals surface area contributed by atoms with Crippen molar-refractivity contribution in [1.82, 2.24) is 15.3 Å². The van der Waals surface area contributed by atoms with Gasteiger partial charge in [-0.1, -0.05) is 19.1 Å². The van der Waals surface area contributed by atoms with Crippen LogP contribution in [0.2, 0.25) is 0 Å². The summed E-state index contributed by atoms with van der Waals surface area (Å²) in [4.78, 5) is 30.8. The van der Waals surface area contributed by atoms with Gasteiger partial charge in [-0.3, -0.25) is 9.59 Å². The maximum atomic E-state index is 11.9. The average molecular weight is 285 g/mol. The first-order chi connectivity index (χ1) is 10.1. The average Bonchev–Trinajstić information content (AvgIpc) is 3.14. The third kappa shape index (κ3) is 3.29. The maximum absolute atomic E-state index is 11.9. The van der Waals surface area contributed by atoms with Gasteiger partial charge in [0, 0.05) is 18.9 Å². The molecule has 1 heterocycles. The summed E-state index contributed by atoms with van der Waals surface area (Å²) >= 11 is 0. The van der Waals surface area contributed by atoms with Gasteiger partial charge in [0.15, 0.2) is 0 Å². The van der Waals surface area contributed by atoms with Gasteiger partial charge in [0.25, 0.3) is 5.56 Å². The Morgan fingerprint density at radius 3 is 2.95 bits per heavy atom. The fourth-order valence-electron chi connectivity index (χ4n) is 2.47. The van der Waals surface area contributed by atoms with Crippen LogP contribution >= 0.6 is 0 Å². The largest absolute Gasteiger partial charge is 0.353 e. The van der Waals surface area contributed by atoms with E-state index < -0.39 is 0 Å². The maximum Gasteiger partial charge on any atom is 0.258 e. The highest BCUT2D eigenvalue weighted by atomic mass is 16.1. The smallest absolute Gasteiger partial charge is 0.258 e. The number of hydrogen-bond donors (Lipinski definition) is 2. The van der Waals surface area contributed by atoms with E-state index in [1.165, 1.54) is 0 Å². The number of rotatable bonds is 5. The van der Waals surface area contributed by atoms with Crippen molar-refractivity contribution >= 4 is 16.8 Å². The van der Waals surface area contributed by atoms with E-state index in [1.807, 2.05) is 18.2 Å². The molecule has 21 heavy (non-hydrogen) atoms. The minimum Gasteiger partial charge on any atom is -0.353 e. The number of nitrogens with zero attached hydrogens (tertiary/aromatic N) is 1. The molecule has 5 heteroatoms. The number of carbonyl (C=O) groups excluding carboxylic acids is 1. The van der Waals surface area contributed by atoms with Crippen LogP contribution in [0, 0.1) is 5.92 Å². The van der Waals surface area contributed by atoms with Crippen LogP contribution in [-0.2, 0) is 11.2 Å². The van der Waals surface area contributed by atoms with Gasteiger partial charge in [-0.25, -0.2) is 4.98 Å². The van der Waals surface area contributed by atoms with Crippen LogP contribution in [0.5, 0.6) is 0 Å². The molecule has 5 nitrogen and oxygen atoms in total. The fourth-order valence-corrected chi connectivity index (χ4v) is 2.47. The van der Waals surface area contributed by atoms with Gasteiger partial charge in [0.1, 0.15) is 5.82 Å². The first-order valence-corrected chi connectivity index (χ1v) is 7.41. The number of fused-ring (bicyclic) bond motifs is 1. The summed E-state index contributed by atoms with van der Waals surface area (Å²) in [6.45, 7) is 2.13. The number of H-pyrrole nitrogens is 1. The lowest BCUT2D eigenvalue weighted by atomic mass is 10.2. The number of amides is 1. The molecule has 1 saturated carbocycles. The molecule has 2 atom stereocenters. The summed E-state index contributed by atoms with van der Waals surface area (Å²) in [6, 6.07) is 7.64. The highest BCUT2D eigenvalue weighted by Crippen LogP contribution is 2.28. The van der Waals surface area contributed by atoms with Crippen LogP contribution in [0.3, 0.4) is 0 Å². The van der Waals surface area contributed by atoms with Crippen molar-refractivity contribution < 1.29 is 4.79 Å². The van der Waals surface area contributed by atoms with Crippen LogP contribution in [0.25, 0.3) is 10.9 Å². The number of benzene rings is 1. The molecule has 0 aliphatic heterocycles. The van der Waals surface area contributed by atoms with Crippen molar-refractivity contribution in [2.45, 2.75) is 38.6 Å². The van der Waals surface area contributed by atoms with Gasteiger partial charge in [-0.15, -0.1) is 0 Å². The van der Waals surface area contributed by atoms with Crippen molar-refractivity contribution in [3.8, 4) is 0 Å². The summed E-state index contributed by atoms with van der Waals surface area (Å²) in [5, 5.41) is 3.60.